The van der Waals surface area contributed by atoms with E-state index in [1.807, 2.05) is 32.0 Å². The number of nitrogen functional groups attached to an aromatic ring is 1. The van der Waals surface area contributed by atoms with Crippen LogP contribution in [0.5, 0.6) is 5.75 Å². The summed E-state index contributed by atoms with van der Waals surface area (Å²) in [6.45, 7) is 6.25. The molecule has 1 aromatic carbocycles. The Kier molecular flexibility index (Phi) is 4.63. The number of rotatable bonds is 4. The molecule has 1 aliphatic rings. The largest absolute Gasteiger partial charge is 0.489 e. The van der Waals surface area contributed by atoms with Gasteiger partial charge in [-0.3, -0.25) is 0 Å². The van der Waals surface area contributed by atoms with E-state index in [1.54, 1.807) is 0 Å². The highest BCUT2D eigenvalue weighted by atomic mass is 32.2. The Balaban J connectivity index is 2.10. The molecule has 1 heterocycles. The maximum atomic E-state index is 11.5. The third-order valence-electron chi connectivity index (χ3n) is 3.43. The van der Waals surface area contributed by atoms with Crippen LogP contribution in [0, 0.1) is 0 Å². The van der Waals surface area contributed by atoms with Crippen LogP contribution in [0.25, 0.3) is 0 Å². The third kappa shape index (κ3) is 4.01. The van der Waals surface area contributed by atoms with E-state index in [0.717, 1.165) is 5.69 Å². The summed E-state index contributed by atoms with van der Waals surface area (Å²) < 4.78 is 30.2. The van der Waals surface area contributed by atoms with Gasteiger partial charge in [-0.2, -0.15) is 4.31 Å². The summed E-state index contributed by atoms with van der Waals surface area (Å²) in [4.78, 5) is 2.15. The lowest BCUT2D eigenvalue weighted by Gasteiger charge is -2.35. The maximum absolute atomic E-state index is 11.5. The zero-order chi connectivity index (χ0) is 15.6. The van der Waals surface area contributed by atoms with Gasteiger partial charge in [0, 0.05) is 37.9 Å². The molecule has 0 saturated carbocycles. The van der Waals surface area contributed by atoms with Crippen molar-refractivity contribution >= 4 is 21.4 Å². The van der Waals surface area contributed by atoms with Crippen molar-refractivity contribution in [1.29, 1.82) is 0 Å². The van der Waals surface area contributed by atoms with Crippen LogP contribution in [-0.2, 0) is 10.0 Å². The van der Waals surface area contributed by atoms with Gasteiger partial charge < -0.3 is 15.4 Å². The summed E-state index contributed by atoms with van der Waals surface area (Å²) in [6, 6.07) is 5.69. The Hall–Kier alpha value is -1.47. The van der Waals surface area contributed by atoms with E-state index in [-0.39, 0.29) is 6.10 Å². The smallest absolute Gasteiger partial charge is 0.211 e. The Morgan fingerprint density at radius 2 is 1.81 bits per heavy atom. The Labute approximate surface area is 126 Å². The highest BCUT2D eigenvalue weighted by Gasteiger charge is 2.23. The predicted molar refractivity (Wildman–Crippen MR) is 85.2 cm³/mol. The first-order chi connectivity index (χ1) is 9.77. The van der Waals surface area contributed by atoms with Crippen LogP contribution in [0.15, 0.2) is 18.2 Å². The molecule has 0 aromatic heterocycles. The first-order valence-electron chi connectivity index (χ1n) is 7.03. The van der Waals surface area contributed by atoms with Crippen LogP contribution in [0.4, 0.5) is 11.4 Å². The normalized spacial score (nSPS) is 17.2. The van der Waals surface area contributed by atoms with Crippen LogP contribution in [0.2, 0.25) is 0 Å². The number of piperazine rings is 1. The summed E-state index contributed by atoms with van der Waals surface area (Å²) in [7, 11) is -3.10. The molecule has 0 radical (unpaired) electrons. The predicted octanol–water partition coefficient (Wildman–Crippen LogP) is 1.14. The Morgan fingerprint density at radius 1 is 1.19 bits per heavy atom. The summed E-state index contributed by atoms with van der Waals surface area (Å²) in [5.74, 6) is 0.674. The third-order valence-corrected chi connectivity index (χ3v) is 4.74. The number of anilines is 2. The van der Waals surface area contributed by atoms with Crippen LogP contribution in [0.3, 0.4) is 0 Å². The molecule has 0 amide bonds. The van der Waals surface area contributed by atoms with Crippen molar-refractivity contribution in [2.24, 2.45) is 0 Å². The monoisotopic (exact) mass is 313 g/mol. The van der Waals surface area contributed by atoms with Gasteiger partial charge in [-0.05, 0) is 26.0 Å². The molecule has 7 heteroatoms. The molecule has 6 nitrogen and oxygen atoms in total. The number of nitrogens with zero attached hydrogens (tertiary/aromatic N) is 2. The van der Waals surface area contributed by atoms with Crippen LogP contribution < -0.4 is 15.4 Å². The standard InChI is InChI=1S/C14H23N3O3S/c1-11(2)20-14-10-12(4-5-13(14)15)16-6-8-17(9-7-16)21(3,18)19/h4-5,10-11H,6-9,15H2,1-3H3. The van der Waals surface area contributed by atoms with E-state index >= 15 is 0 Å². The zero-order valence-electron chi connectivity index (χ0n) is 12.7. The second kappa shape index (κ2) is 6.11. The minimum atomic E-state index is -3.10. The topological polar surface area (TPSA) is 75.9 Å². The van der Waals surface area contributed by atoms with Gasteiger partial charge in [0.15, 0.2) is 0 Å². The van der Waals surface area contributed by atoms with Crippen molar-refractivity contribution in [3.63, 3.8) is 0 Å². The molecule has 1 fully saturated rings. The van der Waals surface area contributed by atoms with Crippen molar-refractivity contribution in [3.8, 4) is 5.75 Å². The Bertz CT molecular complexity index is 593. The lowest BCUT2D eigenvalue weighted by atomic mass is 10.2. The van der Waals surface area contributed by atoms with Crippen molar-refractivity contribution in [3.05, 3.63) is 18.2 Å². The maximum Gasteiger partial charge on any atom is 0.211 e. The fourth-order valence-corrected chi connectivity index (χ4v) is 3.18. The summed E-state index contributed by atoms with van der Waals surface area (Å²) in [6.07, 6.45) is 1.31. The van der Waals surface area contributed by atoms with Gasteiger partial charge in [0.25, 0.3) is 0 Å². The van der Waals surface area contributed by atoms with Crippen molar-refractivity contribution in [1.82, 2.24) is 4.31 Å². The summed E-state index contributed by atoms with van der Waals surface area (Å²) >= 11 is 0. The molecule has 2 rings (SSSR count). The second-order valence-electron chi connectivity index (χ2n) is 5.54. The molecule has 0 bridgehead atoms. The summed E-state index contributed by atoms with van der Waals surface area (Å²) in [5.41, 5.74) is 7.54. The molecule has 0 unspecified atom stereocenters. The van der Waals surface area contributed by atoms with E-state index in [1.165, 1.54) is 10.6 Å². The van der Waals surface area contributed by atoms with Gasteiger partial charge in [-0.1, -0.05) is 0 Å². The SMILES string of the molecule is CC(C)Oc1cc(N2CCN(S(C)(=O)=O)CC2)ccc1N. The van der Waals surface area contributed by atoms with Crippen LogP contribution in [-0.4, -0.2) is 51.3 Å². The molecular formula is C14H23N3O3S. The van der Waals surface area contributed by atoms with Crippen LogP contribution in [0.1, 0.15) is 13.8 Å². The molecule has 21 heavy (non-hydrogen) atoms. The highest BCUT2D eigenvalue weighted by molar-refractivity contribution is 7.88. The van der Waals surface area contributed by atoms with E-state index in [0.29, 0.717) is 37.6 Å². The van der Waals surface area contributed by atoms with Gasteiger partial charge in [-0.15, -0.1) is 0 Å². The molecule has 118 valence electrons. The number of hydrogen-bond donors (Lipinski definition) is 1. The first-order valence-corrected chi connectivity index (χ1v) is 8.88. The fourth-order valence-electron chi connectivity index (χ4n) is 2.35. The van der Waals surface area contributed by atoms with E-state index in [2.05, 4.69) is 4.90 Å². The highest BCUT2D eigenvalue weighted by Crippen LogP contribution is 2.29. The van der Waals surface area contributed by atoms with Gasteiger partial charge >= 0.3 is 0 Å². The minimum Gasteiger partial charge on any atom is -0.489 e. The van der Waals surface area contributed by atoms with E-state index < -0.39 is 10.0 Å². The molecule has 2 N–H and O–H groups in total. The molecule has 1 saturated heterocycles. The lowest BCUT2D eigenvalue weighted by Crippen LogP contribution is -2.48. The minimum absolute atomic E-state index is 0.0598. The lowest BCUT2D eigenvalue weighted by molar-refractivity contribution is 0.244. The number of hydrogen-bond acceptors (Lipinski definition) is 5. The molecule has 0 atom stereocenters. The van der Waals surface area contributed by atoms with E-state index in [9.17, 15) is 8.42 Å². The van der Waals surface area contributed by atoms with Gasteiger partial charge in [0.2, 0.25) is 10.0 Å². The zero-order valence-corrected chi connectivity index (χ0v) is 13.6. The van der Waals surface area contributed by atoms with Crippen molar-refractivity contribution in [2.75, 3.05) is 43.1 Å². The first kappa shape index (κ1) is 15.9. The quantitative estimate of drug-likeness (QED) is 0.844. The number of sulfonamides is 1. The summed E-state index contributed by atoms with van der Waals surface area (Å²) in [5, 5.41) is 0. The van der Waals surface area contributed by atoms with Crippen molar-refractivity contribution in [2.45, 2.75) is 20.0 Å². The molecular weight excluding hydrogens is 290 g/mol. The number of benzene rings is 1. The Morgan fingerprint density at radius 3 is 2.33 bits per heavy atom. The number of ether oxygens (including phenoxy) is 1. The van der Waals surface area contributed by atoms with Crippen molar-refractivity contribution < 1.29 is 13.2 Å². The van der Waals surface area contributed by atoms with Gasteiger partial charge in [-0.25, -0.2) is 8.42 Å². The second-order valence-corrected chi connectivity index (χ2v) is 7.52. The molecule has 0 spiro atoms. The average molecular weight is 313 g/mol. The van der Waals surface area contributed by atoms with Gasteiger partial charge in [0.1, 0.15) is 5.75 Å². The van der Waals surface area contributed by atoms with Crippen LogP contribution >= 0.6 is 0 Å². The number of nitrogens with two attached hydrogens (primary N) is 1. The molecule has 1 aliphatic heterocycles. The molecule has 0 aliphatic carbocycles. The molecule has 1 aromatic rings. The van der Waals surface area contributed by atoms with Gasteiger partial charge in [0.05, 0.1) is 18.0 Å². The average Bonchev–Trinajstić information content (AvgIpc) is 2.40. The fraction of sp³-hybridized carbons (Fsp3) is 0.571. The van der Waals surface area contributed by atoms with E-state index in [4.69, 9.17) is 10.5 Å².